The van der Waals surface area contributed by atoms with Crippen molar-refractivity contribution in [3.05, 3.63) is 90.1 Å². The van der Waals surface area contributed by atoms with Crippen molar-refractivity contribution in [2.75, 3.05) is 6.61 Å². The fourth-order valence-electron chi connectivity index (χ4n) is 5.68. The number of unbranched alkanes of at least 4 members (excludes halogenated alkanes) is 17. The van der Waals surface area contributed by atoms with Gasteiger partial charge in [-0.05, 0) is 107 Å². The fraction of sp³-hybridized carbons (Fsp3) is 0.630. The van der Waals surface area contributed by atoms with Crippen LogP contribution in [0.4, 0.5) is 0 Å². The standard InChI is InChI=1S/C27H42O.C19H34O2/c1-4-5-6-7-8-9-10-11-12-13-14-15-16-17-18-19-25(3)27-21-24(2)20-26(22-27)23-28;1-2-3-4-5-6-7-8-9-10-11-12-13-14-15-16-17-18-21-19-20/h6-7,9-10,20-22,28H,3-5,8,11-19,23H2,1-2H3;6-7,9-10,19H,2-5,8,11-18H2,1H3/b2*7-6-,10-9-. The van der Waals surface area contributed by atoms with Gasteiger partial charge >= 0.3 is 0 Å². The summed E-state index contributed by atoms with van der Waals surface area (Å²) in [7, 11) is 0. The van der Waals surface area contributed by atoms with Gasteiger partial charge in [0.15, 0.2) is 0 Å². The smallest absolute Gasteiger partial charge is 0.293 e. The molecule has 1 rings (SSSR count). The monoisotopic (exact) mass is 677 g/mol. The summed E-state index contributed by atoms with van der Waals surface area (Å²) in [5, 5.41) is 9.35. The van der Waals surface area contributed by atoms with E-state index < -0.39 is 0 Å². The largest absolute Gasteiger partial charge is 0.468 e. The van der Waals surface area contributed by atoms with Gasteiger partial charge in [0.1, 0.15) is 0 Å². The molecule has 0 saturated heterocycles. The molecule has 0 bridgehead atoms. The SMILES string of the molecule is C=C(CCCCCCCCC/C=C\C/C=C\CCC)c1cc(C)cc(CO)c1.CCCCC/C=C\C/C=C\CCCCCCCCOC=O. The van der Waals surface area contributed by atoms with Crippen LogP contribution in [-0.2, 0) is 16.1 Å². The summed E-state index contributed by atoms with van der Waals surface area (Å²) >= 11 is 0. The number of aliphatic hydroxyl groups excluding tert-OH is 1. The second kappa shape index (κ2) is 38.2. The average molecular weight is 677 g/mol. The molecule has 0 radical (unpaired) electrons. The summed E-state index contributed by atoms with van der Waals surface area (Å²) in [4.78, 5) is 9.93. The Kier molecular flexibility index (Phi) is 36.1. The summed E-state index contributed by atoms with van der Waals surface area (Å²) in [6, 6.07) is 6.29. The van der Waals surface area contributed by atoms with Crippen LogP contribution in [0.15, 0.2) is 73.4 Å². The quantitative estimate of drug-likeness (QED) is 0.0469. The normalized spacial score (nSPS) is 11.6. The second-order valence-electron chi connectivity index (χ2n) is 13.5. The Morgan fingerprint density at radius 3 is 1.61 bits per heavy atom. The molecular weight excluding hydrogens is 601 g/mol. The summed E-state index contributed by atoms with van der Waals surface area (Å²) in [6.07, 6.45) is 48.3. The third kappa shape index (κ3) is 33.6. The minimum atomic E-state index is 0.105. The van der Waals surface area contributed by atoms with Crippen molar-refractivity contribution in [3.8, 4) is 0 Å². The molecule has 0 unspecified atom stereocenters. The number of hydrogen-bond donors (Lipinski definition) is 1. The second-order valence-corrected chi connectivity index (χ2v) is 13.5. The Bertz CT molecular complexity index is 1000. The number of benzene rings is 1. The molecule has 0 aromatic heterocycles. The summed E-state index contributed by atoms with van der Waals surface area (Å²) < 4.78 is 4.66. The molecule has 49 heavy (non-hydrogen) atoms. The van der Waals surface area contributed by atoms with Crippen molar-refractivity contribution in [1.29, 1.82) is 0 Å². The number of allylic oxidation sites excluding steroid dienone is 9. The summed E-state index contributed by atoms with van der Waals surface area (Å²) in [5.41, 5.74) is 4.58. The minimum Gasteiger partial charge on any atom is -0.468 e. The highest BCUT2D eigenvalue weighted by atomic mass is 16.5. The molecule has 1 N–H and O–H groups in total. The van der Waals surface area contributed by atoms with Crippen molar-refractivity contribution in [2.45, 2.75) is 181 Å². The Morgan fingerprint density at radius 1 is 0.612 bits per heavy atom. The molecule has 0 saturated carbocycles. The number of aliphatic hydroxyl groups is 1. The molecule has 0 aliphatic heterocycles. The molecule has 3 heteroatoms. The van der Waals surface area contributed by atoms with Crippen molar-refractivity contribution in [1.82, 2.24) is 0 Å². The molecule has 1 aromatic carbocycles. The maximum absolute atomic E-state index is 9.93. The Labute approximate surface area is 304 Å². The average Bonchev–Trinajstić information content (AvgIpc) is 3.11. The zero-order chi connectivity index (χ0) is 35.9. The lowest BCUT2D eigenvalue weighted by Gasteiger charge is -2.09. The molecule has 0 amide bonds. The first-order chi connectivity index (χ1) is 24.1. The van der Waals surface area contributed by atoms with Gasteiger partial charge in [0.2, 0.25) is 0 Å². The van der Waals surface area contributed by atoms with E-state index in [1.165, 1.54) is 145 Å². The van der Waals surface area contributed by atoms with Crippen molar-refractivity contribution in [2.24, 2.45) is 0 Å². The lowest BCUT2D eigenvalue weighted by Crippen LogP contribution is -1.91. The zero-order valence-corrected chi connectivity index (χ0v) is 32.3. The number of carbonyl (C=O) groups is 1. The molecule has 0 fully saturated rings. The van der Waals surface area contributed by atoms with E-state index in [1.54, 1.807) is 0 Å². The van der Waals surface area contributed by atoms with E-state index in [9.17, 15) is 9.90 Å². The number of rotatable bonds is 32. The van der Waals surface area contributed by atoms with Gasteiger partial charge in [0.05, 0.1) is 13.2 Å². The van der Waals surface area contributed by atoms with E-state index in [0.29, 0.717) is 13.1 Å². The highest BCUT2D eigenvalue weighted by Crippen LogP contribution is 2.23. The van der Waals surface area contributed by atoms with Gasteiger partial charge in [-0.2, -0.15) is 0 Å². The molecule has 0 atom stereocenters. The molecule has 3 nitrogen and oxygen atoms in total. The summed E-state index contributed by atoms with van der Waals surface area (Å²) in [6.45, 7) is 12.0. The Balaban J connectivity index is 0.000000983. The molecule has 278 valence electrons. The third-order valence-corrected chi connectivity index (χ3v) is 8.67. The van der Waals surface area contributed by atoms with Crippen molar-refractivity contribution >= 4 is 12.0 Å². The van der Waals surface area contributed by atoms with Crippen LogP contribution in [0.1, 0.15) is 185 Å². The minimum absolute atomic E-state index is 0.105. The van der Waals surface area contributed by atoms with Gasteiger partial charge in [-0.3, -0.25) is 4.79 Å². The van der Waals surface area contributed by atoms with Gasteiger partial charge in [-0.15, -0.1) is 0 Å². The van der Waals surface area contributed by atoms with Crippen LogP contribution in [0, 0.1) is 6.92 Å². The Morgan fingerprint density at radius 2 is 1.10 bits per heavy atom. The van der Waals surface area contributed by atoms with Crippen LogP contribution < -0.4 is 0 Å². The van der Waals surface area contributed by atoms with Gasteiger partial charge in [-0.1, -0.05) is 164 Å². The number of hydrogen-bond acceptors (Lipinski definition) is 3. The predicted octanol–water partition coefficient (Wildman–Crippen LogP) is 14.3. The molecule has 0 aliphatic carbocycles. The van der Waals surface area contributed by atoms with E-state index in [4.69, 9.17) is 0 Å². The van der Waals surface area contributed by atoms with Gasteiger partial charge in [-0.25, -0.2) is 0 Å². The molecular formula is C46H76O3. The van der Waals surface area contributed by atoms with Crippen LogP contribution in [0.25, 0.3) is 5.57 Å². The van der Waals surface area contributed by atoms with E-state index in [-0.39, 0.29) is 6.61 Å². The number of carbonyl (C=O) groups excluding carboxylic acids is 1. The predicted molar refractivity (Wildman–Crippen MR) is 217 cm³/mol. The maximum Gasteiger partial charge on any atom is 0.293 e. The first-order valence-corrected chi connectivity index (χ1v) is 20.1. The Hall–Kier alpha value is -2.65. The first kappa shape index (κ1) is 46.4. The molecule has 0 aliphatic rings. The topological polar surface area (TPSA) is 46.5 Å². The van der Waals surface area contributed by atoms with Gasteiger partial charge in [0.25, 0.3) is 6.47 Å². The van der Waals surface area contributed by atoms with Crippen molar-refractivity contribution in [3.63, 3.8) is 0 Å². The lowest BCUT2D eigenvalue weighted by atomic mass is 9.97. The first-order valence-electron chi connectivity index (χ1n) is 20.1. The fourth-order valence-corrected chi connectivity index (χ4v) is 5.68. The number of ether oxygens (including phenoxy) is 1. The maximum atomic E-state index is 9.93. The highest BCUT2D eigenvalue weighted by Gasteiger charge is 2.03. The highest BCUT2D eigenvalue weighted by molar-refractivity contribution is 5.64. The third-order valence-electron chi connectivity index (χ3n) is 8.67. The van der Waals surface area contributed by atoms with Crippen LogP contribution in [0.2, 0.25) is 0 Å². The lowest BCUT2D eigenvalue weighted by molar-refractivity contribution is -0.128. The number of aryl methyl sites for hydroxylation is 1. The molecule has 0 heterocycles. The van der Waals surface area contributed by atoms with E-state index in [2.05, 4.69) is 92.8 Å². The molecule has 1 aromatic rings. The van der Waals surface area contributed by atoms with Gasteiger partial charge in [0, 0.05) is 0 Å². The van der Waals surface area contributed by atoms with Crippen LogP contribution in [0.5, 0.6) is 0 Å². The van der Waals surface area contributed by atoms with E-state index >= 15 is 0 Å². The van der Waals surface area contributed by atoms with E-state index in [0.717, 1.165) is 31.2 Å². The molecule has 0 spiro atoms. The van der Waals surface area contributed by atoms with Crippen LogP contribution >= 0.6 is 0 Å². The summed E-state index contributed by atoms with van der Waals surface area (Å²) in [5.74, 6) is 0. The zero-order valence-electron chi connectivity index (χ0n) is 32.3. The van der Waals surface area contributed by atoms with Crippen LogP contribution in [0.3, 0.4) is 0 Å². The van der Waals surface area contributed by atoms with Crippen molar-refractivity contribution < 1.29 is 14.6 Å². The van der Waals surface area contributed by atoms with Gasteiger partial charge < -0.3 is 9.84 Å². The van der Waals surface area contributed by atoms with Crippen LogP contribution in [-0.4, -0.2) is 18.2 Å². The van der Waals surface area contributed by atoms with E-state index in [1.807, 2.05) is 6.07 Å².